The minimum Gasteiger partial charge on any atom is -0.297 e. The van der Waals surface area contributed by atoms with E-state index in [0.717, 1.165) is 22.4 Å². The zero-order valence-electron chi connectivity index (χ0n) is 19.2. The van der Waals surface area contributed by atoms with Gasteiger partial charge in [0.2, 0.25) is 5.13 Å². The Kier molecular flexibility index (Phi) is 5.90. The summed E-state index contributed by atoms with van der Waals surface area (Å²) in [6, 6.07) is 20.1. The van der Waals surface area contributed by atoms with E-state index < -0.39 is 0 Å². The largest absolute Gasteiger partial charge is 0.297 e. The molecule has 5 aromatic rings. The summed E-state index contributed by atoms with van der Waals surface area (Å²) in [7, 11) is 0. The lowest BCUT2D eigenvalue weighted by atomic mass is 10.1. The lowest BCUT2D eigenvalue weighted by Crippen LogP contribution is -2.13. The Hall–Kier alpha value is -3.91. The first-order valence-electron chi connectivity index (χ1n) is 11.1. The normalized spacial score (nSPS) is 11.3. The Morgan fingerprint density at radius 1 is 1.06 bits per heavy atom. The maximum atomic E-state index is 13.4. The van der Waals surface area contributed by atoms with Crippen molar-refractivity contribution in [1.29, 1.82) is 0 Å². The molecule has 0 bridgehead atoms. The van der Waals surface area contributed by atoms with E-state index in [9.17, 15) is 4.79 Å². The topological polar surface area (TPSA) is 85.6 Å². The van der Waals surface area contributed by atoms with Gasteiger partial charge in [0.15, 0.2) is 5.65 Å². The molecule has 0 saturated heterocycles. The summed E-state index contributed by atoms with van der Waals surface area (Å²) in [6.45, 7) is 6.13. The van der Waals surface area contributed by atoms with Crippen LogP contribution in [-0.2, 0) is 6.42 Å². The fourth-order valence-electron chi connectivity index (χ4n) is 3.78. The molecule has 3 heterocycles. The number of carbonyl (C=O) groups is 1. The summed E-state index contributed by atoms with van der Waals surface area (Å²) in [5.41, 5.74) is 5.14. The number of pyridine rings is 1. The third-order valence-electron chi connectivity index (χ3n) is 5.54. The molecule has 1 N–H and O–H groups in total. The van der Waals surface area contributed by atoms with E-state index in [-0.39, 0.29) is 11.9 Å². The average molecular weight is 469 g/mol. The monoisotopic (exact) mass is 468 g/mol. The van der Waals surface area contributed by atoms with Crippen molar-refractivity contribution in [1.82, 2.24) is 24.1 Å². The summed E-state index contributed by atoms with van der Waals surface area (Å²) in [5, 5.41) is 8.59. The minimum absolute atomic E-state index is 0.109. The highest BCUT2D eigenvalue weighted by molar-refractivity contribution is 7.09. The van der Waals surface area contributed by atoms with Crippen LogP contribution < -0.4 is 5.32 Å². The Balaban J connectivity index is 1.48. The summed E-state index contributed by atoms with van der Waals surface area (Å²) in [4.78, 5) is 22.7. The highest BCUT2D eigenvalue weighted by Gasteiger charge is 2.20. The molecule has 7 nitrogen and oxygen atoms in total. The van der Waals surface area contributed by atoms with Gasteiger partial charge in [-0.3, -0.25) is 10.1 Å². The highest BCUT2D eigenvalue weighted by Crippen LogP contribution is 2.27. The number of nitrogens with one attached hydrogen (secondary N) is 1. The molecule has 0 aliphatic carbocycles. The molecule has 170 valence electrons. The number of amides is 1. The zero-order chi connectivity index (χ0) is 23.7. The Bertz CT molecular complexity index is 1450. The van der Waals surface area contributed by atoms with Crippen molar-refractivity contribution < 1.29 is 4.79 Å². The molecular formula is C26H24N6OS. The molecule has 0 unspecified atom stereocenters. The number of nitrogens with zero attached hydrogens (tertiary/aromatic N) is 5. The lowest BCUT2D eigenvalue weighted by Gasteiger charge is -2.10. The standard InChI is InChI=1S/C26H24N6OS/c1-16(2)32-24-21(15-27-32)20(14-22(28-24)19-11-9-17(3)10-12-19)25(33)30-26-29-23(31-34-26)13-18-7-5-4-6-8-18/h4-12,14-16H,13H2,1-3H3,(H,29,30,31,33). The summed E-state index contributed by atoms with van der Waals surface area (Å²) >= 11 is 1.18. The van der Waals surface area contributed by atoms with Crippen LogP contribution in [0.3, 0.4) is 0 Å². The first-order chi connectivity index (χ1) is 16.5. The van der Waals surface area contributed by atoms with Crippen LogP contribution in [-0.4, -0.2) is 30.0 Å². The molecule has 3 aromatic heterocycles. The van der Waals surface area contributed by atoms with E-state index in [1.807, 2.05) is 86.1 Å². The number of fused-ring (bicyclic) bond motifs is 1. The van der Waals surface area contributed by atoms with Crippen LogP contribution >= 0.6 is 11.5 Å². The van der Waals surface area contributed by atoms with Crippen LogP contribution in [0, 0.1) is 6.92 Å². The Labute approximate surface area is 201 Å². The van der Waals surface area contributed by atoms with Crippen molar-refractivity contribution in [3.05, 3.63) is 89.4 Å². The molecule has 2 aromatic carbocycles. The highest BCUT2D eigenvalue weighted by atomic mass is 32.1. The number of hydrogen-bond donors (Lipinski definition) is 1. The maximum absolute atomic E-state index is 13.4. The van der Waals surface area contributed by atoms with Crippen LogP contribution in [0.5, 0.6) is 0 Å². The molecule has 0 radical (unpaired) electrons. The van der Waals surface area contributed by atoms with Gasteiger partial charge in [0.1, 0.15) is 5.82 Å². The molecule has 0 fully saturated rings. The van der Waals surface area contributed by atoms with Gasteiger partial charge in [-0.2, -0.15) is 9.47 Å². The molecule has 8 heteroatoms. The molecule has 0 atom stereocenters. The quantitative estimate of drug-likeness (QED) is 0.346. The van der Waals surface area contributed by atoms with Crippen LogP contribution in [0.15, 0.2) is 66.9 Å². The molecule has 0 spiro atoms. The molecule has 1 amide bonds. The van der Waals surface area contributed by atoms with Crippen molar-refractivity contribution in [3.63, 3.8) is 0 Å². The van der Waals surface area contributed by atoms with Crippen LogP contribution in [0.1, 0.15) is 47.2 Å². The van der Waals surface area contributed by atoms with Crippen molar-refractivity contribution in [2.45, 2.75) is 33.2 Å². The van der Waals surface area contributed by atoms with E-state index in [4.69, 9.17) is 4.98 Å². The summed E-state index contributed by atoms with van der Waals surface area (Å²) in [6.07, 6.45) is 2.32. The molecule has 0 saturated carbocycles. The third kappa shape index (κ3) is 4.45. The van der Waals surface area contributed by atoms with Gasteiger partial charge in [-0.25, -0.2) is 14.6 Å². The Morgan fingerprint density at radius 3 is 2.56 bits per heavy atom. The fourth-order valence-corrected chi connectivity index (χ4v) is 4.36. The number of rotatable bonds is 6. The van der Waals surface area contributed by atoms with Crippen molar-refractivity contribution >= 4 is 33.6 Å². The van der Waals surface area contributed by atoms with Crippen LogP contribution in [0.25, 0.3) is 22.3 Å². The lowest BCUT2D eigenvalue weighted by molar-refractivity contribution is 0.102. The predicted molar refractivity (Wildman–Crippen MR) is 135 cm³/mol. The smallest absolute Gasteiger partial charge is 0.258 e. The van der Waals surface area contributed by atoms with Gasteiger partial charge in [0.05, 0.1) is 22.8 Å². The van der Waals surface area contributed by atoms with Gasteiger partial charge in [-0.1, -0.05) is 60.2 Å². The number of aromatic nitrogens is 5. The van der Waals surface area contributed by atoms with Gasteiger partial charge < -0.3 is 0 Å². The summed E-state index contributed by atoms with van der Waals surface area (Å²) in [5.74, 6) is 0.422. The van der Waals surface area contributed by atoms with Crippen LogP contribution in [0.2, 0.25) is 0 Å². The van der Waals surface area contributed by atoms with E-state index in [1.165, 1.54) is 11.5 Å². The SMILES string of the molecule is Cc1ccc(-c2cc(C(=O)Nc3nc(Cc4ccccc4)ns3)c3cnn(C(C)C)c3n2)cc1. The Morgan fingerprint density at radius 2 is 1.82 bits per heavy atom. The molecule has 0 aliphatic heterocycles. The molecule has 0 aliphatic rings. The number of carbonyl (C=O) groups excluding carboxylic acids is 1. The molecule has 34 heavy (non-hydrogen) atoms. The number of benzene rings is 2. The second-order valence-electron chi connectivity index (χ2n) is 8.47. The molecule has 5 rings (SSSR count). The maximum Gasteiger partial charge on any atom is 0.258 e. The number of aryl methyl sites for hydroxylation is 1. The van der Waals surface area contributed by atoms with Crippen LogP contribution in [0.4, 0.5) is 5.13 Å². The zero-order valence-corrected chi connectivity index (χ0v) is 20.0. The first kappa shape index (κ1) is 21.9. The number of anilines is 1. The van der Waals surface area contributed by atoms with Crippen molar-refractivity contribution in [2.75, 3.05) is 5.32 Å². The van der Waals surface area contributed by atoms with E-state index in [2.05, 4.69) is 19.8 Å². The fraction of sp³-hybridized carbons (Fsp3) is 0.192. The molecular weight excluding hydrogens is 444 g/mol. The van der Waals surface area contributed by atoms with Gasteiger partial charge in [0, 0.05) is 29.6 Å². The second-order valence-corrected chi connectivity index (χ2v) is 9.23. The van der Waals surface area contributed by atoms with Gasteiger partial charge in [-0.05, 0) is 32.4 Å². The second kappa shape index (κ2) is 9.15. The predicted octanol–water partition coefficient (Wildman–Crippen LogP) is 5.68. The van der Waals surface area contributed by atoms with E-state index in [0.29, 0.717) is 34.0 Å². The van der Waals surface area contributed by atoms with Gasteiger partial charge >= 0.3 is 0 Å². The van der Waals surface area contributed by atoms with E-state index >= 15 is 0 Å². The first-order valence-corrected chi connectivity index (χ1v) is 11.9. The van der Waals surface area contributed by atoms with E-state index in [1.54, 1.807) is 6.20 Å². The van der Waals surface area contributed by atoms with Crippen molar-refractivity contribution in [2.24, 2.45) is 0 Å². The average Bonchev–Trinajstić information content (AvgIpc) is 3.46. The van der Waals surface area contributed by atoms with Gasteiger partial charge in [0.25, 0.3) is 5.91 Å². The van der Waals surface area contributed by atoms with Gasteiger partial charge in [-0.15, -0.1) is 0 Å². The minimum atomic E-state index is -0.258. The number of hydrogen-bond acceptors (Lipinski definition) is 6. The van der Waals surface area contributed by atoms with Crippen molar-refractivity contribution in [3.8, 4) is 11.3 Å². The summed E-state index contributed by atoms with van der Waals surface area (Å²) < 4.78 is 6.25. The third-order valence-corrected chi connectivity index (χ3v) is 6.21.